The first-order valence-corrected chi connectivity index (χ1v) is 17.3. The van der Waals surface area contributed by atoms with Gasteiger partial charge in [0.2, 0.25) is 11.8 Å². The van der Waals surface area contributed by atoms with Crippen molar-refractivity contribution in [1.29, 1.82) is 0 Å². The van der Waals surface area contributed by atoms with E-state index >= 15 is 0 Å². The molecule has 4 aromatic rings. The third-order valence-electron chi connectivity index (χ3n) is 8.60. The van der Waals surface area contributed by atoms with Crippen LogP contribution in [0.4, 0.5) is 5.69 Å². The van der Waals surface area contributed by atoms with E-state index in [9.17, 15) is 24.3 Å². The number of nitrogens with zero attached hydrogens (tertiary/aromatic N) is 1. The Morgan fingerprint density at radius 3 is 2.12 bits per heavy atom. The fourth-order valence-corrected chi connectivity index (χ4v) is 5.81. The normalized spacial score (nSPS) is 12.6. The van der Waals surface area contributed by atoms with Gasteiger partial charge < -0.3 is 25.4 Å². The molecule has 0 bridgehead atoms. The molecule has 0 heterocycles. The number of anilines is 1. The molecule has 4 aromatic carbocycles. The van der Waals surface area contributed by atoms with Gasteiger partial charge in [-0.15, -0.1) is 13.2 Å². The molecule has 3 N–H and O–H groups in total. The summed E-state index contributed by atoms with van der Waals surface area (Å²) in [4.78, 5) is 56.0. The number of allylic oxidation sites excluding steroid dienone is 2. The van der Waals surface area contributed by atoms with Crippen LogP contribution in [0.5, 0.6) is 0 Å². The molecule has 0 aliphatic carbocycles. The van der Waals surface area contributed by atoms with Crippen LogP contribution in [0.15, 0.2) is 128 Å². The molecule has 266 valence electrons. The van der Waals surface area contributed by atoms with Gasteiger partial charge in [-0.1, -0.05) is 103 Å². The summed E-state index contributed by atoms with van der Waals surface area (Å²) < 4.78 is 5.75. The van der Waals surface area contributed by atoms with Crippen molar-refractivity contribution in [3.05, 3.63) is 140 Å². The number of carbonyl (C=O) groups is 4. The lowest BCUT2D eigenvalue weighted by Gasteiger charge is -2.26. The number of hydrogen-bond donors (Lipinski definition) is 3. The molecule has 0 fully saturated rings. The predicted molar refractivity (Wildman–Crippen MR) is 200 cm³/mol. The number of carbonyl (C=O) groups excluding carboxylic acids is 4. The van der Waals surface area contributed by atoms with Gasteiger partial charge in [-0.3, -0.25) is 19.2 Å². The number of amides is 3. The SMILES string of the molecule is C=CCC[C@H](Cc1ccccc1)C(=O)OC[C@H](NC(=O)[C@H](CC=C)CC(=O)N(CCO)Cc1ccccc1)C(=O)Nc1ccc2ccccc2c1. The maximum atomic E-state index is 13.8. The lowest BCUT2D eigenvalue weighted by atomic mass is 9.95. The highest BCUT2D eigenvalue weighted by Gasteiger charge is 2.30. The molecule has 0 aliphatic rings. The van der Waals surface area contributed by atoms with E-state index in [1.165, 1.54) is 4.90 Å². The van der Waals surface area contributed by atoms with E-state index in [4.69, 9.17) is 4.74 Å². The van der Waals surface area contributed by atoms with Gasteiger partial charge in [-0.05, 0) is 59.7 Å². The van der Waals surface area contributed by atoms with Crippen LogP contribution >= 0.6 is 0 Å². The Bertz CT molecular complexity index is 1760. The van der Waals surface area contributed by atoms with Crippen molar-refractivity contribution < 1.29 is 29.0 Å². The molecule has 4 rings (SSSR count). The second-order valence-corrected chi connectivity index (χ2v) is 12.4. The molecule has 9 heteroatoms. The fraction of sp³-hybridized carbons (Fsp3) is 0.286. The van der Waals surface area contributed by atoms with Crippen LogP contribution in [0, 0.1) is 11.8 Å². The standard InChI is InChI=1S/C42H47N3O6/c1-3-5-19-36(26-31-15-8-6-9-16-31)42(50)51-30-38(41(49)43-37-23-22-33-20-12-13-21-34(33)27-37)44-40(48)35(14-4-2)28-39(47)45(24-25-46)29-32-17-10-7-11-18-32/h3-4,6-13,15-18,20-23,27,35-36,38,46H,1-2,5,14,19,24-26,28-30H2,(H,43,49)(H,44,48)/t35-,36-,38+/m1/s1. The summed E-state index contributed by atoms with van der Waals surface area (Å²) >= 11 is 0. The number of fused-ring (bicyclic) bond motifs is 1. The second-order valence-electron chi connectivity index (χ2n) is 12.4. The zero-order chi connectivity index (χ0) is 36.4. The number of esters is 1. The van der Waals surface area contributed by atoms with Gasteiger partial charge >= 0.3 is 5.97 Å². The zero-order valence-electron chi connectivity index (χ0n) is 28.9. The van der Waals surface area contributed by atoms with Crippen molar-refractivity contribution >= 4 is 40.2 Å². The Morgan fingerprint density at radius 2 is 1.45 bits per heavy atom. The molecule has 0 aromatic heterocycles. The summed E-state index contributed by atoms with van der Waals surface area (Å²) in [7, 11) is 0. The molecule has 0 aliphatic heterocycles. The lowest BCUT2D eigenvalue weighted by Crippen LogP contribution is -2.50. The van der Waals surface area contributed by atoms with E-state index in [1.54, 1.807) is 18.2 Å². The third kappa shape index (κ3) is 12.1. The largest absolute Gasteiger partial charge is 0.463 e. The Hall–Kier alpha value is -5.54. The van der Waals surface area contributed by atoms with Crippen LogP contribution in [0.3, 0.4) is 0 Å². The van der Waals surface area contributed by atoms with E-state index < -0.39 is 42.3 Å². The molecule has 9 nitrogen and oxygen atoms in total. The summed E-state index contributed by atoms with van der Waals surface area (Å²) in [5.74, 6) is -3.31. The number of hydrogen-bond acceptors (Lipinski definition) is 6. The molecule has 0 radical (unpaired) electrons. The molecule has 0 saturated heterocycles. The van der Waals surface area contributed by atoms with Crippen LogP contribution < -0.4 is 10.6 Å². The molecule has 3 amide bonds. The fourth-order valence-electron chi connectivity index (χ4n) is 5.81. The van der Waals surface area contributed by atoms with Crippen LogP contribution in [0.2, 0.25) is 0 Å². The molecule has 0 unspecified atom stereocenters. The summed E-state index contributed by atoms with van der Waals surface area (Å²) in [5.41, 5.74) is 2.37. The zero-order valence-corrected chi connectivity index (χ0v) is 28.9. The van der Waals surface area contributed by atoms with Crippen LogP contribution in [-0.2, 0) is 36.9 Å². The number of aliphatic hydroxyl groups is 1. The van der Waals surface area contributed by atoms with Crippen molar-refractivity contribution in [2.24, 2.45) is 11.8 Å². The summed E-state index contributed by atoms with van der Waals surface area (Å²) in [6, 6.07) is 30.9. The van der Waals surface area contributed by atoms with Crippen molar-refractivity contribution in [2.45, 2.75) is 44.7 Å². The highest BCUT2D eigenvalue weighted by Crippen LogP contribution is 2.21. The maximum absolute atomic E-state index is 13.8. The first-order valence-electron chi connectivity index (χ1n) is 17.3. The van der Waals surface area contributed by atoms with E-state index in [2.05, 4.69) is 23.8 Å². The molecule has 0 spiro atoms. The minimum Gasteiger partial charge on any atom is -0.463 e. The van der Waals surface area contributed by atoms with Crippen molar-refractivity contribution in [3.8, 4) is 0 Å². The molecule has 51 heavy (non-hydrogen) atoms. The topological polar surface area (TPSA) is 125 Å². The Morgan fingerprint density at radius 1 is 0.784 bits per heavy atom. The van der Waals surface area contributed by atoms with Gasteiger partial charge in [0.1, 0.15) is 12.6 Å². The van der Waals surface area contributed by atoms with Gasteiger partial charge in [-0.2, -0.15) is 0 Å². The smallest absolute Gasteiger partial charge is 0.309 e. The first-order chi connectivity index (χ1) is 24.8. The number of nitrogens with one attached hydrogen (secondary N) is 2. The molecule has 3 atom stereocenters. The Kier molecular flexibility index (Phi) is 15.2. The van der Waals surface area contributed by atoms with Crippen LogP contribution in [-0.4, -0.2) is 59.5 Å². The lowest BCUT2D eigenvalue weighted by molar-refractivity contribution is -0.150. The Balaban J connectivity index is 1.52. The quantitative estimate of drug-likeness (QED) is 0.0746. The number of benzene rings is 4. The highest BCUT2D eigenvalue weighted by molar-refractivity contribution is 5.99. The van der Waals surface area contributed by atoms with Gasteiger partial charge in [-0.25, -0.2) is 0 Å². The number of aliphatic hydroxyl groups excluding tert-OH is 1. The molecular weight excluding hydrogens is 642 g/mol. The predicted octanol–water partition coefficient (Wildman–Crippen LogP) is 6.23. The van der Waals surface area contributed by atoms with E-state index in [0.29, 0.717) is 24.9 Å². The second kappa shape index (κ2) is 20.2. The average Bonchev–Trinajstić information content (AvgIpc) is 3.15. The van der Waals surface area contributed by atoms with Crippen molar-refractivity contribution in [3.63, 3.8) is 0 Å². The first kappa shape index (κ1) is 38.3. The number of rotatable bonds is 20. The van der Waals surface area contributed by atoms with Gasteiger partial charge in [0.05, 0.1) is 18.4 Å². The van der Waals surface area contributed by atoms with Gasteiger partial charge in [0.25, 0.3) is 5.91 Å². The van der Waals surface area contributed by atoms with Crippen LogP contribution in [0.1, 0.15) is 36.8 Å². The third-order valence-corrected chi connectivity index (χ3v) is 8.60. The van der Waals surface area contributed by atoms with E-state index in [-0.39, 0.29) is 38.4 Å². The van der Waals surface area contributed by atoms with Gasteiger partial charge in [0.15, 0.2) is 0 Å². The molecule has 0 saturated carbocycles. The summed E-state index contributed by atoms with van der Waals surface area (Å²) in [6.45, 7) is 7.27. The summed E-state index contributed by atoms with van der Waals surface area (Å²) in [6.07, 6.45) is 4.83. The van der Waals surface area contributed by atoms with E-state index in [1.807, 2.05) is 97.1 Å². The number of ether oxygens (including phenoxy) is 1. The minimum absolute atomic E-state index is 0.0961. The van der Waals surface area contributed by atoms with Crippen LogP contribution in [0.25, 0.3) is 10.8 Å². The minimum atomic E-state index is -1.26. The summed E-state index contributed by atoms with van der Waals surface area (Å²) in [5, 5.41) is 17.2. The highest BCUT2D eigenvalue weighted by atomic mass is 16.5. The van der Waals surface area contributed by atoms with Gasteiger partial charge in [0, 0.05) is 25.2 Å². The van der Waals surface area contributed by atoms with E-state index in [0.717, 1.165) is 21.9 Å². The maximum Gasteiger partial charge on any atom is 0.309 e. The molecular formula is C42H47N3O6. The van der Waals surface area contributed by atoms with Crippen molar-refractivity contribution in [2.75, 3.05) is 25.1 Å². The average molecular weight is 690 g/mol. The van der Waals surface area contributed by atoms with Crippen molar-refractivity contribution in [1.82, 2.24) is 10.2 Å². The monoisotopic (exact) mass is 689 g/mol. The Labute approximate surface area is 300 Å².